The van der Waals surface area contributed by atoms with Crippen molar-refractivity contribution >= 4 is 23.0 Å². The van der Waals surface area contributed by atoms with E-state index in [-0.39, 0.29) is 6.04 Å². The van der Waals surface area contributed by atoms with Gasteiger partial charge in [0.05, 0.1) is 10.7 Å². The first kappa shape index (κ1) is 15.9. The van der Waals surface area contributed by atoms with Crippen LogP contribution in [-0.4, -0.2) is 13.1 Å². The van der Waals surface area contributed by atoms with Crippen LogP contribution in [0.4, 0.5) is 11.4 Å². The monoisotopic (exact) mass is 302 g/mol. The van der Waals surface area contributed by atoms with E-state index < -0.39 is 0 Å². The van der Waals surface area contributed by atoms with E-state index in [1.807, 2.05) is 25.2 Å². The summed E-state index contributed by atoms with van der Waals surface area (Å²) in [4.78, 5) is 2.13. The number of aryl methyl sites for hydroxylation is 1. The van der Waals surface area contributed by atoms with Crippen LogP contribution in [0.5, 0.6) is 0 Å². The van der Waals surface area contributed by atoms with Gasteiger partial charge >= 0.3 is 0 Å². The van der Waals surface area contributed by atoms with Crippen molar-refractivity contribution in [3.63, 3.8) is 0 Å². The Morgan fingerprint density at radius 2 is 1.86 bits per heavy atom. The molecule has 0 saturated carbocycles. The predicted molar refractivity (Wildman–Crippen MR) is 92.7 cm³/mol. The highest BCUT2D eigenvalue weighted by Crippen LogP contribution is 2.33. The van der Waals surface area contributed by atoms with Gasteiger partial charge in [0, 0.05) is 18.8 Å². The van der Waals surface area contributed by atoms with Crippen molar-refractivity contribution in [1.82, 2.24) is 0 Å². The Bertz CT molecular complexity index is 610. The van der Waals surface area contributed by atoms with Gasteiger partial charge in [-0.2, -0.15) is 0 Å². The Hall–Kier alpha value is -1.51. The van der Waals surface area contributed by atoms with E-state index in [4.69, 9.17) is 17.3 Å². The van der Waals surface area contributed by atoms with Crippen molar-refractivity contribution in [2.24, 2.45) is 5.73 Å². The molecule has 0 bridgehead atoms. The topological polar surface area (TPSA) is 29.3 Å². The number of para-hydroxylation sites is 1. The lowest BCUT2D eigenvalue weighted by Gasteiger charge is -2.23. The second-order valence-electron chi connectivity index (χ2n) is 5.50. The molecule has 0 aliphatic heterocycles. The summed E-state index contributed by atoms with van der Waals surface area (Å²) in [5.41, 5.74) is 10.6. The fourth-order valence-electron chi connectivity index (χ4n) is 2.47. The van der Waals surface area contributed by atoms with Crippen LogP contribution in [0, 0.1) is 6.92 Å². The molecule has 0 saturated heterocycles. The molecule has 0 radical (unpaired) electrons. The summed E-state index contributed by atoms with van der Waals surface area (Å²) < 4.78 is 0. The third-order valence-electron chi connectivity index (χ3n) is 3.87. The van der Waals surface area contributed by atoms with Crippen LogP contribution in [0.2, 0.25) is 5.02 Å². The molecule has 1 atom stereocenters. The molecule has 112 valence electrons. The SMILES string of the molecule is CCC(N)Cc1ccc(N(C)c2ccccc2C)c(Cl)c1. The van der Waals surface area contributed by atoms with E-state index in [1.54, 1.807) is 0 Å². The van der Waals surface area contributed by atoms with Crippen LogP contribution < -0.4 is 10.6 Å². The number of benzene rings is 2. The zero-order valence-electron chi connectivity index (χ0n) is 12.9. The second kappa shape index (κ2) is 6.97. The number of halogens is 1. The molecule has 2 N–H and O–H groups in total. The van der Waals surface area contributed by atoms with Gasteiger partial charge in [0.2, 0.25) is 0 Å². The number of rotatable bonds is 5. The minimum Gasteiger partial charge on any atom is -0.343 e. The minimum atomic E-state index is 0.195. The van der Waals surface area contributed by atoms with Gasteiger partial charge in [-0.25, -0.2) is 0 Å². The zero-order valence-corrected chi connectivity index (χ0v) is 13.7. The lowest BCUT2D eigenvalue weighted by molar-refractivity contribution is 0.646. The highest BCUT2D eigenvalue weighted by Gasteiger charge is 2.11. The Kier molecular flexibility index (Phi) is 5.27. The molecule has 2 rings (SSSR count). The molecule has 21 heavy (non-hydrogen) atoms. The standard InChI is InChI=1S/C18H23ClN2/c1-4-15(20)11-14-9-10-18(16(19)12-14)21(3)17-8-6-5-7-13(17)2/h5-10,12,15H,4,11,20H2,1-3H3. The van der Waals surface area contributed by atoms with E-state index >= 15 is 0 Å². The van der Waals surface area contributed by atoms with Crippen molar-refractivity contribution in [3.05, 3.63) is 58.6 Å². The molecule has 0 aliphatic rings. The van der Waals surface area contributed by atoms with Crippen molar-refractivity contribution in [1.29, 1.82) is 0 Å². The molecule has 2 aromatic carbocycles. The van der Waals surface area contributed by atoms with Gasteiger partial charge in [-0.1, -0.05) is 42.8 Å². The summed E-state index contributed by atoms with van der Waals surface area (Å²) in [7, 11) is 2.04. The Morgan fingerprint density at radius 3 is 2.48 bits per heavy atom. The largest absolute Gasteiger partial charge is 0.343 e. The lowest BCUT2D eigenvalue weighted by atomic mass is 10.0. The number of nitrogens with zero attached hydrogens (tertiary/aromatic N) is 1. The Labute approximate surface area is 132 Å². The third-order valence-corrected chi connectivity index (χ3v) is 4.18. The summed E-state index contributed by atoms with van der Waals surface area (Å²) in [6, 6.07) is 14.7. The average molecular weight is 303 g/mol. The molecule has 2 aromatic rings. The van der Waals surface area contributed by atoms with Gasteiger partial charge in [0.1, 0.15) is 0 Å². The number of nitrogens with two attached hydrogens (primary N) is 1. The Balaban J connectivity index is 2.27. The first-order valence-corrected chi connectivity index (χ1v) is 7.74. The number of anilines is 2. The summed E-state index contributed by atoms with van der Waals surface area (Å²) in [5, 5.41) is 0.765. The predicted octanol–water partition coefficient (Wildman–Crippen LogP) is 4.70. The molecule has 0 amide bonds. The molecule has 3 heteroatoms. The van der Waals surface area contributed by atoms with Gasteiger partial charge < -0.3 is 10.6 Å². The lowest BCUT2D eigenvalue weighted by Crippen LogP contribution is -2.21. The van der Waals surface area contributed by atoms with Gasteiger partial charge in [0.25, 0.3) is 0 Å². The highest BCUT2D eigenvalue weighted by atomic mass is 35.5. The van der Waals surface area contributed by atoms with Gasteiger partial charge in [-0.05, 0) is 49.1 Å². The summed E-state index contributed by atoms with van der Waals surface area (Å²) >= 11 is 6.47. The van der Waals surface area contributed by atoms with Crippen LogP contribution in [-0.2, 0) is 6.42 Å². The molecule has 0 heterocycles. The van der Waals surface area contributed by atoms with Crippen LogP contribution in [0.3, 0.4) is 0 Å². The molecule has 0 fully saturated rings. The van der Waals surface area contributed by atoms with Gasteiger partial charge in [-0.3, -0.25) is 0 Å². The molecule has 0 aliphatic carbocycles. The van der Waals surface area contributed by atoms with Crippen molar-refractivity contribution in [2.75, 3.05) is 11.9 Å². The summed E-state index contributed by atoms with van der Waals surface area (Å²) in [6.45, 7) is 4.21. The van der Waals surface area contributed by atoms with E-state index in [9.17, 15) is 0 Å². The maximum atomic E-state index is 6.47. The maximum absolute atomic E-state index is 6.47. The highest BCUT2D eigenvalue weighted by molar-refractivity contribution is 6.33. The van der Waals surface area contributed by atoms with Gasteiger partial charge in [0.15, 0.2) is 0 Å². The normalized spacial score (nSPS) is 12.2. The third kappa shape index (κ3) is 3.78. The average Bonchev–Trinajstić information content (AvgIpc) is 2.47. The zero-order chi connectivity index (χ0) is 15.4. The van der Waals surface area contributed by atoms with Crippen molar-refractivity contribution < 1.29 is 0 Å². The second-order valence-corrected chi connectivity index (χ2v) is 5.91. The number of hydrogen-bond acceptors (Lipinski definition) is 2. The molecule has 0 aromatic heterocycles. The Morgan fingerprint density at radius 1 is 1.14 bits per heavy atom. The van der Waals surface area contributed by atoms with E-state index in [0.717, 1.165) is 29.2 Å². The smallest absolute Gasteiger partial charge is 0.0645 e. The summed E-state index contributed by atoms with van der Waals surface area (Å²) in [5.74, 6) is 0. The van der Waals surface area contributed by atoms with Crippen LogP contribution in [0.25, 0.3) is 0 Å². The molecule has 2 nitrogen and oxygen atoms in total. The van der Waals surface area contributed by atoms with E-state index in [2.05, 4.69) is 43.0 Å². The van der Waals surface area contributed by atoms with Crippen LogP contribution >= 0.6 is 11.6 Å². The van der Waals surface area contributed by atoms with Crippen LogP contribution in [0.15, 0.2) is 42.5 Å². The van der Waals surface area contributed by atoms with Crippen molar-refractivity contribution in [2.45, 2.75) is 32.7 Å². The minimum absolute atomic E-state index is 0.195. The molecular weight excluding hydrogens is 280 g/mol. The maximum Gasteiger partial charge on any atom is 0.0645 e. The molecule has 1 unspecified atom stereocenters. The fraction of sp³-hybridized carbons (Fsp3) is 0.333. The van der Waals surface area contributed by atoms with Crippen LogP contribution in [0.1, 0.15) is 24.5 Å². The van der Waals surface area contributed by atoms with Gasteiger partial charge in [-0.15, -0.1) is 0 Å². The van der Waals surface area contributed by atoms with Crippen molar-refractivity contribution in [3.8, 4) is 0 Å². The quantitative estimate of drug-likeness (QED) is 0.867. The van der Waals surface area contributed by atoms with E-state index in [0.29, 0.717) is 0 Å². The molecule has 0 spiro atoms. The molecular formula is C18H23ClN2. The number of hydrogen-bond donors (Lipinski definition) is 1. The first-order valence-electron chi connectivity index (χ1n) is 7.36. The van der Waals surface area contributed by atoms with E-state index in [1.165, 1.54) is 11.1 Å². The first-order chi connectivity index (χ1) is 10.0. The fourth-order valence-corrected chi connectivity index (χ4v) is 2.80. The summed E-state index contributed by atoms with van der Waals surface area (Å²) in [6.07, 6.45) is 1.84.